The van der Waals surface area contributed by atoms with Crippen molar-refractivity contribution < 1.29 is 4.39 Å². The topological polar surface area (TPSA) is 15.3 Å². The molecule has 1 aliphatic rings. The molecule has 0 aromatic heterocycles. The van der Waals surface area contributed by atoms with E-state index >= 15 is 0 Å². The van der Waals surface area contributed by atoms with E-state index in [-0.39, 0.29) is 11.4 Å². The molecule has 1 heterocycles. The average molecular weight is 284 g/mol. The Balaban J connectivity index is 1.89. The monoisotopic (exact) mass is 284 g/mol. The van der Waals surface area contributed by atoms with E-state index in [1.165, 1.54) is 5.56 Å². The van der Waals surface area contributed by atoms with Crippen molar-refractivity contribution in [1.82, 2.24) is 5.32 Å². The number of hydrogen-bond acceptors (Lipinski definition) is 2. The highest BCUT2D eigenvalue weighted by atomic mass is 19.1. The molecule has 0 bridgehead atoms. The van der Waals surface area contributed by atoms with Crippen LogP contribution in [0.2, 0.25) is 0 Å². The molecule has 0 aliphatic carbocycles. The van der Waals surface area contributed by atoms with Crippen LogP contribution in [0.15, 0.2) is 48.5 Å². The van der Waals surface area contributed by atoms with Gasteiger partial charge in [0.15, 0.2) is 0 Å². The van der Waals surface area contributed by atoms with Crippen molar-refractivity contribution in [3.63, 3.8) is 0 Å². The number of piperazine rings is 1. The van der Waals surface area contributed by atoms with Crippen molar-refractivity contribution >= 4 is 5.69 Å². The van der Waals surface area contributed by atoms with Gasteiger partial charge in [0.2, 0.25) is 0 Å². The van der Waals surface area contributed by atoms with Crippen molar-refractivity contribution in [2.24, 2.45) is 0 Å². The van der Waals surface area contributed by atoms with Crippen molar-refractivity contribution in [3.8, 4) is 0 Å². The van der Waals surface area contributed by atoms with Gasteiger partial charge in [-0.2, -0.15) is 0 Å². The maximum atomic E-state index is 14.2. The van der Waals surface area contributed by atoms with Crippen LogP contribution in [-0.4, -0.2) is 19.6 Å². The van der Waals surface area contributed by atoms with Crippen LogP contribution in [0.3, 0.4) is 0 Å². The van der Waals surface area contributed by atoms with Crippen LogP contribution in [0.4, 0.5) is 10.1 Å². The molecule has 1 fully saturated rings. The lowest BCUT2D eigenvalue weighted by Crippen LogP contribution is -2.57. The van der Waals surface area contributed by atoms with Crippen molar-refractivity contribution in [2.45, 2.75) is 19.4 Å². The normalized spacial score (nSPS) is 22.3. The first-order valence-electron chi connectivity index (χ1n) is 7.40. The molecule has 2 aromatic rings. The highest BCUT2D eigenvalue weighted by molar-refractivity contribution is 5.50. The molecule has 0 saturated carbocycles. The molecular formula is C18H21FN2. The van der Waals surface area contributed by atoms with Crippen LogP contribution in [-0.2, 0) is 5.54 Å². The molecule has 1 N–H and O–H groups in total. The second-order valence-corrected chi connectivity index (χ2v) is 6.00. The lowest BCUT2D eigenvalue weighted by atomic mass is 9.89. The predicted molar refractivity (Wildman–Crippen MR) is 85.1 cm³/mol. The molecule has 0 radical (unpaired) electrons. The predicted octanol–water partition coefficient (Wildman–Crippen LogP) is 3.46. The molecule has 3 heteroatoms. The Hall–Kier alpha value is -1.87. The zero-order chi connectivity index (χ0) is 14.9. The quantitative estimate of drug-likeness (QED) is 0.908. The molecule has 2 aromatic carbocycles. The first kappa shape index (κ1) is 14.1. The fourth-order valence-corrected chi connectivity index (χ4v) is 3.06. The Morgan fingerprint density at radius 3 is 2.62 bits per heavy atom. The summed E-state index contributed by atoms with van der Waals surface area (Å²) in [7, 11) is 0. The van der Waals surface area contributed by atoms with E-state index in [0.717, 1.165) is 25.2 Å². The van der Waals surface area contributed by atoms with Crippen LogP contribution in [0.25, 0.3) is 0 Å². The first-order valence-corrected chi connectivity index (χ1v) is 7.40. The Kier molecular flexibility index (Phi) is 3.68. The van der Waals surface area contributed by atoms with Crippen LogP contribution in [0.5, 0.6) is 0 Å². The van der Waals surface area contributed by atoms with Gasteiger partial charge in [0, 0.05) is 19.6 Å². The average Bonchev–Trinajstić information content (AvgIpc) is 2.48. The van der Waals surface area contributed by atoms with Crippen LogP contribution >= 0.6 is 0 Å². The number of halogens is 1. The summed E-state index contributed by atoms with van der Waals surface area (Å²) in [4.78, 5) is 2.14. The Bertz CT molecular complexity index is 626. The van der Waals surface area contributed by atoms with E-state index < -0.39 is 0 Å². The van der Waals surface area contributed by atoms with Gasteiger partial charge in [0.05, 0.1) is 11.2 Å². The van der Waals surface area contributed by atoms with Gasteiger partial charge in [-0.3, -0.25) is 0 Å². The fraction of sp³-hybridized carbons (Fsp3) is 0.333. The van der Waals surface area contributed by atoms with Crippen molar-refractivity contribution in [2.75, 3.05) is 24.5 Å². The highest BCUT2D eigenvalue weighted by Gasteiger charge is 2.32. The summed E-state index contributed by atoms with van der Waals surface area (Å²) >= 11 is 0. The number of aryl methyl sites for hydroxylation is 1. The van der Waals surface area contributed by atoms with E-state index in [1.807, 2.05) is 37.3 Å². The minimum Gasteiger partial charge on any atom is -0.366 e. The van der Waals surface area contributed by atoms with Gasteiger partial charge in [0.1, 0.15) is 5.82 Å². The largest absolute Gasteiger partial charge is 0.366 e. The van der Waals surface area contributed by atoms with Gasteiger partial charge in [-0.25, -0.2) is 4.39 Å². The van der Waals surface area contributed by atoms with Gasteiger partial charge in [-0.05, 0) is 37.1 Å². The maximum Gasteiger partial charge on any atom is 0.146 e. The zero-order valence-electron chi connectivity index (χ0n) is 12.6. The third-order valence-corrected chi connectivity index (χ3v) is 4.26. The molecule has 0 spiro atoms. The number of hydrogen-bond donors (Lipinski definition) is 1. The summed E-state index contributed by atoms with van der Waals surface area (Å²) in [5.41, 5.74) is 2.74. The molecule has 1 aliphatic heterocycles. The van der Waals surface area contributed by atoms with Crippen molar-refractivity contribution in [1.29, 1.82) is 0 Å². The molecule has 0 amide bonds. The standard InChI is InChI=1S/C18H21FN2/c1-14-8-9-17(16(19)12-14)21-11-10-20-18(2,13-21)15-6-4-3-5-7-15/h3-9,12,20H,10-11,13H2,1-2H3. The molecule has 2 nitrogen and oxygen atoms in total. The molecule has 3 rings (SSSR count). The van der Waals surface area contributed by atoms with Crippen LogP contribution in [0, 0.1) is 12.7 Å². The van der Waals surface area contributed by atoms with Gasteiger partial charge in [-0.1, -0.05) is 36.4 Å². The number of nitrogens with one attached hydrogen (secondary N) is 1. The van der Waals surface area contributed by atoms with E-state index in [0.29, 0.717) is 5.69 Å². The molecule has 21 heavy (non-hydrogen) atoms. The first-order chi connectivity index (χ1) is 10.1. The second-order valence-electron chi connectivity index (χ2n) is 6.00. The Morgan fingerprint density at radius 2 is 1.90 bits per heavy atom. The minimum absolute atomic E-state index is 0.132. The molecular weight excluding hydrogens is 263 g/mol. The second kappa shape index (κ2) is 5.49. The third kappa shape index (κ3) is 2.79. The van der Waals surface area contributed by atoms with Crippen molar-refractivity contribution in [3.05, 3.63) is 65.5 Å². The summed E-state index contributed by atoms with van der Waals surface area (Å²) in [6.45, 7) is 6.53. The Labute approximate surface area is 125 Å². The maximum absolute atomic E-state index is 14.2. The van der Waals surface area contributed by atoms with Gasteiger partial charge >= 0.3 is 0 Å². The highest BCUT2D eigenvalue weighted by Crippen LogP contribution is 2.29. The van der Waals surface area contributed by atoms with Gasteiger partial charge in [0.25, 0.3) is 0 Å². The third-order valence-electron chi connectivity index (χ3n) is 4.26. The smallest absolute Gasteiger partial charge is 0.146 e. The summed E-state index contributed by atoms with van der Waals surface area (Å²) in [5, 5.41) is 3.58. The summed E-state index contributed by atoms with van der Waals surface area (Å²) in [5.74, 6) is -0.132. The molecule has 1 atom stereocenters. The molecule has 1 saturated heterocycles. The van der Waals surface area contributed by atoms with E-state index in [9.17, 15) is 4.39 Å². The van der Waals surface area contributed by atoms with E-state index in [2.05, 4.69) is 29.3 Å². The molecule has 1 unspecified atom stereocenters. The summed E-state index contributed by atoms with van der Waals surface area (Å²) < 4.78 is 14.2. The number of nitrogens with zero attached hydrogens (tertiary/aromatic N) is 1. The van der Waals surface area contributed by atoms with E-state index in [1.54, 1.807) is 6.07 Å². The van der Waals surface area contributed by atoms with Gasteiger partial charge < -0.3 is 10.2 Å². The van der Waals surface area contributed by atoms with E-state index in [4.69, 9.17) is 0 Å². The lowest BCUT2D eigenvalue weighted by molar-refractivity contribution is 0.330. The van der Waals surface area contributed by atoms with Crippen LogP contribution < -0.4 is 10.2 Å². The summed E-state index contributed by atoms with van der Waals surface area (Å²) in [6.07, 6.45) is 0. The zero-order valence-corrected chi connectivity index (χ0v) is 12.6. The van der Waals surface area contributed by atoms with Gasteiger partial charge in [-0.15, -0.1) is 0 Å². The van der Waals surface area contributed by atoms with Crippen LogP contribution in [0.1, 0.15) is 18.1 Å². The minimum atomic E-state index is -0.156. The fourth-order valence-electron chi connectivity index (χ4n) is 3.06. The number of anilines is 1. The SMILES string of the molecule is Cc1ccc(N2CCNC(C)(c3ccccc3)C2)c(F)c1. The number of rotatable bonds is 2. The summed E-state index contributed by atoms with van der Waals surface area (Å²) in [6, 6.07) is 15.8. The Morgan fingerprint density at radius 1 is 1.14 bits per heavy atom. The molecule has 110 valence electrons. The lowest BCUT2D eigenvalue weighted by Gasteiger charge is -2.43. The number of benzene rings is 2.